The first-order valence-electron chi connectivity index (χ1n) is 2.53. The van der Waals surface area contributed by atoms with Crippen molar-refractivity contribution in [2.45, 2.75) is 0 Å². The van der Waals surface area contributed by atoms with Gasteiger partial charge in [0.25, 0.3) is 0 Å². The van der Waals surface area contributed by atoms with Crippen LogP contribution in [0.5, 0.6) is 23.0 Å². The first-order chi connectivity index (χ1) is 4.61. The average Bonchev–Trinajstić information content (AvgIpc) is 1.82. The second-order valence-corrected chi connectivity index (χ2v) is 1.81. The van der Waals surface area contributed by atoms with Gasteiger partial charge in [0.1, 0.15) is 0 Å². The quantitative estimate of drug-likeness (QED) is 0.470. The number of aromatic hydroxyl groups is 3. The fourth-order valence-corrected chi connectivity index (χ4v) is 0.579. The zero-order valence-corrected chi connectivity index (χ0v) is 4.90. The van der Waals surface area contributed by atoms with E-state index in [1.165, 1.54) is 0 Å². The highest BCUT2D eigenvalue weighted by Gasteiger charge is 2.07. The molecule has 0 saturated heterocycles. The molecule has 1 aromatic rings. The maximum atomic E-state index is 10.4. The van der Waals surface area contributed by atoms with E-state index in [4.69, 9.17) is 15.3 Å². The highest BCUT2D eigenvalue weighted by molar-refractivity contribution is 5.52. The van der Waals surface area contributed by atoms with Crippen molar-refractivity contribution in [2.24, 2.45) is 0 Å². The number of hydrogen-bond donors (Lipinski definition) is 3. The highest BCUT2D eigenvalue weighted by Crippen LogP contribution is 2.37. The topological polar surface area (TPSA) is 80.6 Å². The summed E-state index contributed by atoms with van der Waals surface area (Å²) >= 11 is 0. The van der Waals surface area contributed by atoms with Gasteiger partial charge in [-0.05, 0) is 0 Å². The van der Waals surface area contributed by atoms with E-state index in [0.717, 1.165) is 12.1 Å². The van der Waals surface area contributed by atoms with Crippen LogP contribution in [-0.2, 0) is 5.11 Å². The lowest BCUT2D eigenvalue weighted by Gasteiger charge is -1.98. The van der Waals surface area contributed by atoms with Crippen molar-refractivity contribution in [3.8, 4) is 23.0 Å². The predicted octanol–water partition coefficient (Wildman–Crippen LogP) is 0.947. The van der Waals surface area contributed by atoms with Gasteiger partial charge >= 0.3 is 0 Å². The van der Waals surface area contributed by atoms with E-state index in [9.17, 15) is 5.11 Å². The lowest BCUT2D eigenvalue weighted by molar-refractivity contribution is 0.332. The molecule has 0 aliphatic rings. The van der Waals surface area contributed by atoms with Crippen LogP contribution in [-0.4, -0.2) is 15.3 Å². The molecule has 4 heteroatoms. The molecule has 0 spiro atoms. The van der Waals surface area contributed by atoms with Crippen molar-refractivity contribution in [2.75, 3.05) is 0 Å². The average molecular weight is 141 g/mol. The van der Waals surface area contributed by atoms with Crippen LogP contribution in [0.25, 0.3) is 0 Å². The van der Waals surface area contributed by atoms with Crippen LogP contribution >= 0.6 is 0 Å². The van der Waals surface area contributed by atoms with Gasteiger partial charge in [0.2, 0.25) is 5.75 Å². The van der Waals surface area contributed by atoms with Gasteiger partial charge in [-0.2, -0.15) is 0 Å². The molecular formula is C6H5O4. The Morgan fingerprint density at radius 3 is 1.80 bits per heavy atom. The van der Waals surface area contributed by atoms with Gasteiger partial charge in [0.15, 0.2) is 17.2 Å². The molecule has 53 valence electrons. The lowest BCUT2D eigenvalue weighted by atomic mass is 10.3. The number of hydrogen-bond acceptors (Lipinski definition) is 3. The van der Waals surface area contributed by atoms with Crippen LogP contribution in [0, 0.1) is 0 Å². The summed E-state index contributed by atoms with van der Waals surface area (Å²) in [6.45, 7) is 0. The van der Waals surface area contributed by atoms with E-state index < -0.39 is 23.0 Å². The predicted molar refractivity (Wildman–Crippen MR) is 31.6 cm³/mol. The van der Waals surface area contributed by atoms with Crippen molar-refractivity contribution in [1.29, 1.82) is 0 Å². The lowest BCUT2D eigenvalue weighted by Crippen LogP contribution is -1.69. The molecule has 4 nitrogen and oxygen atoms in total. The number of rotatable bonds is 0. The van der Waals surface area contributed by atoms with Crippen molar-refractivity contribution in [3.63, 3.8) is 0 Å². The standard InChI is InChI=1S/C6H5O4/c7-3-1-4(8)6(10)5(9)2-3/h1-2,8-10H. The molecule has 0 atom stereocenters. The Balaban J connectivity index is 3.31. The third-order valence-corrected chi connectivity index (χ3v) is 1.04. The van der Waals surface area contributed by atoms with E-state index in [-0.39, 0.29) is 0 Å². The van der Waals surface area contributed by atoms with E-state index in [1.54, 1.807) is 0 Å². The summed E-state index contributed by atoms with van der Waals surface area (Å²) in [5, 5.41) is 36.5. The van der Waals surface area contributed by atoms with Gasteiger partial charge in [0, 0.05) is 12.1 Å². The maximum absolute atomic E-state index is 10.4. The highest BCUT2D eigenvalue weighted by atomic mass is 16.3. The normalized spacial score (nSPS) is 9.60. The fraction of sp³-hybridized carbons (Fsp3) is 0. The number of phenols is 3. The first-order valence-corrected chi connectivity index (χ1v) is 2.53. The molecular weight excluding hydrogens is 136 g/mol. The minimum atomic E-state index is -0.667. The summed E-state index contributed by atoms with van der Waals surface area (Å²) in [5.74, 6) is -2.43. The van der Waals surface area contributed by atoms with E-state index in [1.807, 2.05) is 0 Å². The summed E-state index contributed by atoms with van der Waals surface area (Å²) in [7, 11) is 0. The van der Waals surface area contributed by atoms with Crippen molar-refractivity contribution in [3.05, 3.63) is 12.1 Å². The van der Waals surface area contributed by atoms with Gasteiger partial charge in [-0.1, -0.05) is 0 Å². The molecule has 10 heavy (non-hydrogen) atoms. The van der Waals surface area contributed by atoms with Crippen LogP contribution < -0.4 is 0 Å². The zero-order valence-electron chi connectivity index (χ0n) is 4.90. The van der Waals surface area contributed by atoms with Gasteiger partial charge in [-0.25, -0.2) is 0 Å². The Morgan fingerprint density at radius 1 is 1.00 bits per heavy atom. The van der Waals surface area contributed by atoms with Gasteiger partial charge < -0.3 is 15.3 Å². The van der Waals surface area contributed by atoms with Crippen molar-refractivity contribution in [1.82, 2.24) is 0 Å². The summed E-state index contributed by atoms with van der Waals surface area (Å²) in [6.07, 6.45) is 0. The summed E-state index contributed by atoms with van der Waals surface area (Å²) in [4.78, 5) is 0. The molecule has 1 aromatic carbocycles. The van der Waals surface area contributed by atoms with Gasteiger partial charge in [-0.15, -0.1) is 0 Å². The third-order valence-electron chi connectivity index (χ3n) is 1.04. The van der Waals surface area contributed by atoms with Crippen molar-refractivity contribution < 1.29 is 20.4 Å². The second-order valence-electron chi connectivity index (χ2n) is 1.81. The first kappa shape index (κ1) is 6.54. The van der Waals surface area contributed by atoms with Gasteiger partial charge in [-0.3, -0.25) is 5.11 Å². The minimum Gasteiger partial charge on any atom is -0.504 e. The summed E-state index contributed by atoms with van der Waals surface area (Å²) < 4.78 is 0. The Bertz CT molecular complexity index is 233. The van der Waals surface area contributed by atoms with E-state index in [2.05, 4.69) is 0 Å². The van der Waals surface area contributed by atoms with Crippen molar-refractivity contribution >= 4 is 0 Å². The molecule has 0 aliphatic heterocycles. The summed E-state index contributed by atoms with van der Waals surface area (Å²) in [5.41, 5.74) is 0. The molecule has 3 N–H and O–H groups in total. The molecule has 1 rings (SSSR count). The smallest absolute Gasteiger partial charge is 0.200 e. The fourth-order valence-electron chi connectivity index (χ4n) is 0.579. The number of phenolic OH excluding ortho intramolecular Hbond substituents is 3. The van der Waals surface area contributed by atoms with Crippen LogP contribution in [0.3, 0.4) is 0 Å². The molecule has 0 unspecified atom stereocenters. The van der Waals surface area contributed by atoms with Crippen LogP contribution in [0.2, 0.25) is 0 Å². The second kappa shape index (κ2) is 1.98. The largest absolute Gasteiger partial charge is 0.504 e. The Hall–Kier alpha value is -1.58. The molecule has 0 fully saturated rings. The Labute approximate surface area is 56.6 Å². The van der Waals surface area contributed by atoms with Crippen LogP contribution in [0.1, 0.15) is 0 Å². The molecule has 1 radical (unpaired) electrons. The molecule has 0 saturated carbocycles. The van der Waals surface area contributed by atoms with E-state index in [0.29, 0.717) is 0 Å². The molecule has 0 heterocycles. The zero-order chi connectivity index (χ0) is 7.72. The Kier molecular flexibility index (Phi) is 1.30. The number of benzene rings is 1. The van der Waals surface area contributed by atoms with Crippen LogP contribution in [0.4, 0.5) is 0 Å². The SMILES string of the molecule is [O]c1cc(O)c(O)c(O)c1. The Morgan fingerprint density at radius 2 is 1.40 bits per heavy atom. The molecule has 0 aromatic heterocycles. The van der Waals surface area contributed by atoms with Gasteiger partial charge in [0.05, 0.1) is 0 Å². The van der Waals surface area contributed by atoms with Crippen LogP contribution in [0.15, 0.2) is 12.1 Å². The molecule has 0 amide bonds. The molecule has 0 bridgehead atoms. The maximum Gasteiger partial charge on any atom is 0.200 e. The summed E-state index contributed by atoms with van der Waals surface area (Å²) in [6, 6.07) is 1.63. The minimum absolute atomic E-state index is 0.548. The monoisotopic (exact) mass is 141 g/mol. The van der Waals surface area contributed by atoms with E-state index >= 15 is 0 Å². The molecule has 0 aliphatic carbocycles. The third kappa shape index (κ3) is 0.907.